The molecule has 0 spiro atoms. The van der Waals surface area contributed by atoms with E-state index in [9.17, 15) is 15.2 Å². The number of allylic oxidation sites excluding steroid dienone is 1. The Morgan fingerprint density at radius 3 is 2.57 bits per heavy atom. The van der Waals surface area contributed by atoms with Crippen molar-refractivity contribution in [3.05, 3.63) is 65.2 Å². The van der Waals surface area contributed by atoms with Gasteiger partial charge in [-0.3, -0.25) is 4.79 Å². The van der Waals surface area contributed by atoms with Gasteiger partial charge in [-0.05, 0) is 23.8 Å². The standard InChI is InChI=1S/C17H13NO3/c1-21-16-10-12(7-8-15(16)19)9-14(11-18)17(20)13-5-3-2-4-6-13/h2-10,19H,1H3. The molecule has 0 fully saturated rings. The smallest absolute Gasteiger partial charge is 0.203 e. The summed E-state index contributed by atoms with van der Waals surface area (Å²) in [5, 5.41) is 18.7. The van der Waals surface area contributed by atoms with Gasteiger partial charge in [0, 0.05) is 5.56 Å². The topological polar surface area (TPSA) is 70.3 Å². The summed E-state index contributed by atoms with van der Waals surface area (Å²) < 4.78 is 5.00. The van der Waals surface area contributed by atoms with E-state index in [1.807, 2.05) is 6.07 Å². The van der Waals surface area contributed by atoms with Crippen LogP contribution in [0.1, 0.15) is 15.9 Å². The Balaban J connectivity index is 2.38. The fourth-order valence-corrected chi connectivity index (χ4v) is 1.84. The molecule has 0 aliphatic rings. The van der Waals surface area contributed by atoms with Crippen LogP contribution in [0.15, 0.2) is 54.1 Å². The largest absolute Gasteiger partial charge is 0.504 e. The lowest BCUT2D eigenvalue weighted by atomic mass is 10.0. The van der Waals surface area contributed by atoms with E-state index in [0.717, 1.165) is 0 Å². The van der Waals surface area contributed by atoms with Gasteiger partial charge in [0.25, 0.3) is 0 Å². The van der Waals surface area contributed by atoms with Crippen LogP contribution in [0.4, 0.5) is 0 Å². The van der Waals surface area contributed by atoms with Gasteiger partial charge in [0.1, 0.15) is 11.6 Å². The Kier molecular flexibility index (Phi) is 4.37. The lowest BCUT2D eigenvalue weighted by molar-refractivity contribution is 0.104. The molecule has 0 aromatic heterocycles. The Morgan fingerprint density at radius 2 is 1.95 bits per heavy atom. The minimum absolute atomic E-state index is 0.00236. The molecule has 2 rings (SSSR count). The minimum Gasteiger partial charge on any atom is -0.504 e. The normalized spacial score (nSPS) is 10.8. The molecule has 104 valence electrons. The molecule has 0 radical (unpaired) electrons. The molecule has 21 heavy (non-hydrogen) atoms. The molecule has 4 heteroatoms. The number of ether oxygens (including phenoxy) is 1. The number of phenolic OH excluding ortho intramolecular Hbond substituents is 1. The summed E-state index contributed by atoms with van der Waals surface area (Å²) in [6, 6.07) is 15.1. The van der Waals surface area contributed by atoms with Crippen molar-refractivity contribution in [2.45, 2.75) is 0 Å². The van der Waals surface area contributed by atoms with E-state index in [-0.39, 0.29) is 22.9 Å². The number of nitriles is 1. The van der Waals surface area contributed by atoms with Gasteiger partial charge in [-0.1, -0.05) is 36.4 Å². The second kappa shape index (κ2) is 6.40. The summed E-state index contributed by atoms with van der Waals surface area (Å²) in [6.45, 7) is 0. The summed E-state index contributed by atoms with van der Waals surface area (Å²) in [7, 11) is 1.43. The highest BCUT2D eigenvalue weighted by atomic mass is 16.5. The molecular formula is C17H13NO3. The van der Waals surface area contributed by atoms with E-state index >= 15 is 0 Å². The van der Waals surface area contributed by atoms with E-state index in [4.69, 9.17) is 4.74 Å². The van der Waals surface area contributed by atoms with E-state index in [0.29, 0.717) is 11.1 Å². The van der Waals surface area contributed by atoms with Gasteiger partial charge < -0.3 is 9.84 Å². The number of nitrogens with zero attached hydrogens (tertiary/aromatic N) is 1. The predicted octanol–water partition coefficient (Wildman–Crippen LogP) is 3.19. The van der Waals surface area contributed by atoms with Crippen molar-refractivity contribution in [1.82, 2.24) is 0 Å². The van der Waals surface area contributed by atoms with E-state index in [1.54, 1.807) is 42.5 Å². The van der Waals surface area contributed by atoms with Gasteiger partial charge in [-0.15, -0.1) is 0 Å². The van der Waals surface area contributed by atoms with Crippen molar-refractivity contribution in [2.24, 2.45) is 0 Å². The number of benzene rings is 2. The highest BCUT2D eigenvalue weighted by Crippen LogP contribution is 2.27. The van der Waals surface area contributed by atoms with Gasteiger partial charge in [-0.2, -0.15) is 5.26 Å². The van der Waals surface area contributed by atoms with Crippen LogP contribution in [0.5, 0.6) is 11.5 Å². The third-order valence-corrected chi connectivity index (χ3v) is 2.92. The van der Waals surface area contributed by atoms with Crippen LogP contribution in [0.25, 0.3) is 6.08 Å². The number of phenols is 1. The summed E-state index contributed by atoms with van der Waals surface area (Å²) in [5.74, 6) is -0.0547. The summed E-state index contributed by atoms with van der Waals surface area (Å²) in [4.78, 5) is 12.2. The van der Waals surface area contributed by atoms with Gasteiger partial charge in [0.2, 0.25) is 5.78 Å². The molecule has 2 aromatic carbocycles. The number of carbonyl (C=O) groups excluding carboxylic acids is 1. The van der Waals surface area contributed by atoms with Crippen LogP contribution < -0.4 is 4.74 Å². The molecule has 0 saturated heterocycles. The first-order valence-electron chi connectivity index (χ1n) is 6.24. The van der Waals surface area contributed by atoms with Crippen molar-refractivity contribution in [3.63, 3.8) is 0 Å². The maximum Gasteiger partial charge on any atom is 0.203 e. The molecule has 0 amide bonds. The summed E-state index contributed by atoms with van der Waals surface area (Å²) >= 11 is 0. The van der Waals surface area contributed by atoms with Gasteiger partial charge in [0.15, 0.2) is 11.5 Å². The summed E-state index contributed by atoms with van der Waals surface area (Å²) in [5.41, 5.74) is 1.08. The van der Waals surface area contributed by atoms with Crippen LogP contribution in [-0.4, -0.2) is 18.0 Å². The zero-order valence-electron chi connectivity index (χ0n) is 11.4. The third-order valence-electron chi connectivity index (χ3n) is 2.92. The number of hydrogen-bond donors (Lipinski definition) is 1. The van der Waals surface area contributed by atoms with Crippen molar-refractivity contribution in [1.29, 1.82) is 5.26 Å². The SMILES string of the molecule is COc1cc(C=C(C#N)C(=O)c2ccccc2)ccc1O. The number of Topliss-reactive ketones (excluding diaryl/α,β-unsaturated/α-hetero) is 1. The first-order chi connectivity index (χ1) is 10.2. The van der Waals surface area contributed by atoms with E-state index in [1.165, 1.54) is 19.3 Å². The Bertz CT molecular complexity index is 727. The average molecular weight is 279 g/mol. The number of carbonyl (C=O) groups is 1. The number of methoxy groups -OCH3 is 1. The Morgan fingerprint density at radius 1 is 1.24 bits per heavy atom. The van der Waals surface area contributed by atoms with Gasteiger partial charge in [0.05, 0.1) is 7.11 Å². The monoisotopic (exact) mass is 279 g/mol. The number of ketones is 1. The highest BCUT2D eigenvalue weighted by Gasteiger charge is 2.12. The van der Waals surface area contributed by atoms with Crippen molar-refractivity contribution >= 4 is 11.9 Å². The Hall–Kier alpha value is -3.06. The van der Waals surface area contributed by atoms with Crippen molar-refractivity contribution in [2.75, 3.05) is 7.11 Å². The van der Waals surface area contributed by atoms with E-state index < -0.39 is 0 Å². The zero-order chi connectivity index (χ0) is 15.2. The van der Waals surface area contributed by atoms with Crippen molar-refractivity contribution < 1.29 is 14.6 Å². The van der Waals surface area contributed by atoms with Crippen LogP contribution >= 0.6 is 0 Å². The van der Waals surface area contributed by atoms with Gasteiger partial charge >= 0.3 is 0 Å². The van der Waals surface area contributed by atoms with E-state index in [2.05, 4.69) is 0 Å². The maximum absolute atomic E-state index is 12.2. The predicted molar refractivity (Wildman–Crippen MR) is 79.0 cm³/mol. The maximum atomic E-state index is 12.2. The first-order valence-corrected chi connectivity index (χ1v) is 6.24. The zero-order valence-corrected chi connectivity index (χ0v) is 11.4. The van der Waals surface area contributed by atoms with Crippen LogP contribution in [-0.2, 0) is 0 Å². The molecule has 2 aromatic rings. The second-order valence-electron chi connectivity index (χ2n) is 4.30. The fourth-order valence-electron chi connectivity index (χ4n) is 1.84. The number of hydrogen-bond acceptors (Lipinski definition) is 4. The van der Waals surface area contributed by atoms with Crippen LogP contribution in [0.2, 0.25) is 0 Å². The molecular weight excluding hydrogens is 266 g/mol. The molecule has 4 nitrogen and oxygen atoms in total. The average Bonchev–Trinajstić information content (AvgIpc) is 2.54. The lowest BCUT2D eigenvalue weighted by Gasteiger charge is -2.04. The number of aromatic hydroxyl groups is 1. The number of rotatable bonds is 4. The molecule has 0 bridgehead atoms. The Labute approximate surface area is 122 Å². The fraction of sp³-hybridized carbons (Fsp3) is 0.0588. The van der Waals surface area contributed by atoms with Crippen LogP contribution in [0, 0.1) is 11.3 Å². The third kappa shape index (κ3) is 3.28. The summed E-state index contributed by atoms with van der Waals surface area (Å²) in [6.07, 6.45) is 1.47. The molecule has 1 N–H and O–H groups in total. The first kappa shape index (κ1) is 14.4. The second-order valence-corrected chi connectivity index (χ2v) is 4.30. The van der Waals surface area contributed by atoms with Gasteiger partial charge in [-0.25, -0.2) is 0 Å². The van der Waals surface area contributed by atoms with Crippen LogP contribution in [0.3, 0.4) is 0 Å². The van der Waals surface area contributed by atoms with Crippen molar-refractivity contribution in [3.8, 4) is 17.6 Å². The quantitative estimate of drug-likeness (QED) is 0.530. The molecule has 0 aliphatic heterocycles. The molecule has 0 unspecified atom stereocenters. The lowest BCUT2D eigenvalue weighted by Crippen LogP contribution is -2.01. The molecule has 0 aliphatic carbocycles. The molecule has 0 heterocycles. The minimum atomic E-state index is -0.342. The molecule has 0 saturated carbocycles. The molecule has 0 atom stereocenters. The highest BCUT2D eigenvalue weighted by molar-refractivity contribution is 6.14.